The van der Waals surface area contributed by atoms with Crippen molar-refractivity contribution in [1.82, 2.24) is 4.90 Å². The highest BCUT2D eigenvalue weighted by molar-refractivity contribution is 7.90. The minimum atomic E-state index is -3.37. The lowest BCUT2D eigenvalue weighted by atomic mass is 9.89. The summed E-state index contributed by atoms with van der Waals surface area (Å²) in [6.45, 7) is 3.17. The molecule has 2 heterocycles. The lowest BCUT2D eigenvalue weighted by molar-refractivity contribution is 0.366. The summed E-state index contributed by atoms with van der Waals surface area (Å²) in [5.41, 5.74) is 1.83. The van der Waals surface area contributed by atoms with Crippen LogP contribution in [0.25, 0.3) is 0 Å². The number of ether oxygens (including phenoxy) is 1. The molecule has 4 rings (SSSR count). The van der Waals surface area contributed by atoms with E-state index in [0.29, 0.717) is 18.1 Å². The summed E-state index contributed by atoms with van der Waals surface area (Å²) in [4.78, 5) is 2.07. The third-order valence-corrected chi connectivity index (χ3v) is 6.17. The highest BCUT2D eigenvalue weighted by Gasteiger charge is 2.33. The van der Waals surface area contributed by atoms with Gasteiger partial charge in [0.05, 0.1) is 5.75 Å². The van der Waals surface area contributed by atoms with E-state index in [1.807, 2.05) is 19.1 Å². The van der Waals surface area contributed by atoms with Crippen LogP contribution in [-0.4, -0.2) is 38.0 Å². The first-order valence-corrected chi connectivity index (χ1v) is 10.6. The quantitative estimate of drug-likeness (QED) is 0.801. The largest absolute Gasteiger partial charge is 0.454 e. The molecule has 1 atom stereocenters. The molecule has 0 saturated carbocycles. The molecule has 0 spiro atoms. The molecule has 27 heavy (non-hydrogen) atoms. The van der Waals surface area contributed by atoms with Crippen LogP contribution in [0.2, 0.25) is 0 Å². The van der Waals surface area contributed by atoms with Gasteiger partial charge >= 0.3 is 0 Å². The maximum Gasteiger partial charge on any atom is 0.256 e. The monoisotopic (exact) mass is 388 g/mol. The zero-order valence-electron chi connectivity index (χ0n) is 15.1. The molecule has 2 aromatic rings. The average molecular weight is 388 g/mol. The minimum absolute atomic E-state index is 0.0426. The van der Waals surface area contributed by atoms with Crippen LogP contribution in [0.15, 0.2) is 46.9 Å². The highest BCUT2D eigenvalue weighted by atomic mass is 32.2. The Hall–Kier alpha value is -2.41. The van der Waals surface area contributed by atoms with E-state index in [0.717, 1.165) is 30.5 Å². The Morgan fingerprint density at radius 2 is 1.93 bits per heavy atom. The first kappa shape index (κ1) is 18.0. The standard InChI is InChI=1S/C20H21FN2O3S/c1-14-4-9-19(18(21)13-14)26-16-7-5-15(6-8-16)17-3-2-10-23-11-12-27(24,25)22-20(17)23/h4-9,13,17H,2-3,10-12H2,1H3/t17-/m0/s1. The van der Waals surface area contributed by atoms with E-state index in [9.17, 15) is 12.8 Å². The molecule has 0 amide bonds. The van der Waals surface area contributed by atoms with E-state index >= 15 is 0 Å². The molecule has 0 aromatic heterocycles. The summed E-state index contributed by atoms with van der Waals surface area (Å²) in [6.07, 6.45) is 1.86. The fourth-order valence-corrected chi connectivity index (χ4v) is 4.68. The molecule has 2 aliphatic rings. The average Bonchev–Trinajstić information content (AvgIpc) is 2.63. The van der Waals surface area contributed by atoms with Crippen LogP contribution in [0.1, 0.15) is 29.9 Å². The maximum absolute atomic E-state index is 14.0. The first-order chi connectivity index (χ1) is 12.9. The van der Waals surface area contributed by atoms with Crippen molar-refractivity contribution in [2.75, 3.05) is 18.8 Å². The van der Waals surface area contributed by atoms with Gasteiger partial charge in [-0.1, -0.05) is 18.2 Å². The Balaban J connectivity index is 1.57. The molecule has 0 unspecified atom stereocenters. The summed E-state index contributed by atoms with van der Waals surface area (Å²) >= 11 is 0. The molecule has 0 N–H and O–H groups in total. The van der Waals surface area contributed by atoms with Crippen molar-refractivity contribution in [2.24, 2.45) is 4.40 Å². The number of fused-ring (bicyclic) bond motifs is 1. The van der Waals surface area contributed by atoms with Gasteiger partial charge in [-0.25, -0.2) is 12.8 Å². The number of piperidine rings is 1. The zero-order chi connectivity index (χ0) is 19.0. The molecule has 5 nitrogen and oxygen atoms in total. The first-order valence-electron chi connectivity index (χ1n) is 9.03. The maximum atomic E-state index is 14.0. The van der Waals surface area contributed by atoms with Gasteiger partial charge in [0.25, 0.3) is 10.0 Å². The van der Waals surface area contributed by atoms with E-state index < -0.39 is 15.8 Å². The van der Waals surface area contributed by atoms with Gasteiger partial charge in [-0.05, 0) is 55.2 Å². The van der Waals surface area contributed by atoms with E-state index in [-0.39, 0.29) is 17.4 Å². The van der Waals surface area contributed by atoms with Gasteiger partial charge in [-0.15, -0.1) is 4.40 Å². The Labute approximate surface area is 158 Å². The van der Waals surface area contributed by atoms with Crippen LogP contribution < -0.4 is 4.74 Å². The Morgan fingerprint density at radius 1 is 1.15 bits per heavy atom. The topological polar surface area (TPSA) is 59.0 Å². The van der Waals surface area contributed by atoms with Gasteiger partial charge < -0.3 is 9.64 Å². The predicted octanol–water partition coefficient (Wildman–Crippen LogP) is 3.85. The van der Waals surface area contributed by atoms with Gasteiger partial charge in [0, 0.05) is 19.0 Å². The van der Waals surface area contributed by atoms with E-state index in [1.54, 1.807) is 24.3 Å². The molecular weight excluding hydrogens is 367 g/mol. The normalized spacial score (nSPS) is 21.3. The molecule has 1 fully saturated rings. The lowest BCUT2D eigenvalue weighted by Crippen LogP contribution is -2.46. The molecular formula is C20H21FN2O3S. The second kappa shape index (κ2) is 6.96. The molecule has 0 radical (unpaired) electrons. The molecule has 0 aliphatic carbocycles. The van der Waals surface area contributed by atoms with Crippen LogP contribution >= 0.6 is 0 Å². The lowest BCUT2D eigenvalue weighted by Gasteiger charge is -2.37. The summed E-state index contributed by atoms with van der Waals surface area (Å²) in [7, 11) is -3.37. The number of amidine groups is 1. The number of nitrogens with zero attached hydrogens (tertiary/aromatic N) is 2. The van der Waals surface area contributed by atoms with Crippen LogP contribution in [-0.2, 0) is 10.0 Å². The number of sulfonamides is 1. The minimum Gasteiger partial charge on any atom is -0.454 e. The summed E-state index contributed by atoms with van der Waals surface area (Å²) in [5.74, 6) is 0.999. The number of halogens is 1. The number of benzene rings is 2. The SMILES string of the molecule is Cc1ccc(Oc2ccc([C@@H]3CCCN4CCS(=O)(=O)N=C34)cc2)c(F)c1. The fraction of sp³-hybridized carbons (Fsp3) is 0.350. The predicted molar refractivity (Wildman–Crippen MR) is 102 cm³/mol. The van der Waals surface area contributed by atoms with Crippen LogP contribution in [0.3, 0.4) is 0 Å². The molecule has 7 heteroatoms. The van der Waals surface area contributed by atoms with Crippen molar-refractivity contribution in [3.63, 3.8) is 0 Å². The molecule has 142 valence electrons. The second-order valence-corrected chi connectivity index (χ2v) is 8.78. The Bertz CT molecular complexity index is 987. The third-order valence-electron chi connectivity index (χ3n) is 5.01. The molecule has 1 saturated heterocycles. The third kappa shape index (κ3) is 3.83. The molecule has 2 aromatic carbocycles. The Morgan fingerprint density at radius 3 is 2.67 bits per heavy atom. The van der Waals surface area contributed by atoms with Crippen LogP contribution in [0, 0.1) is 12.7 Å². The summed E-state index contributed by atoms with van der Waals surface area (Å²) < 4.78 is 47.5. The van der Waals surface area contributed by atoms with Crippen molar-refractivity contribution in [3.8, 4) is 11.5 Å². The van der Waals surface area contributed by atoms with Crippen molar-refractivity contribution in [1.29, 1.82) is 0 Å². The van der Waals surface area contributed by atoms with Gasteiger partial charge in [-0.3, -0.25) is 0 Å². The molecule has 2 aliphatic heterocycles. The number of hydrogen-bond donors (Lipinski definition) is 0. The van der Waals surface area contributed by atoms with Crippen LogP contribution in [0.4, 0.5) is 4.39 Å². The number of rotatable bonds is 3. The zero-order valence-corrected chi connectivity index (χ0v) is 15.9. The smallest absolute Gasteiger partial charge is 0.256 e. The Kier molecular flexibility index (Phi) is 4.63. The van der Waals surface area contributed by atoms with Crippen molar-refractivity contribution >= 4 is 15.9 Å². The van der Waals surface area contributed by atoms with Crippen molar-refractivity contribution < 1.29 is 17.5 Å². The van der Waals surface area contributed by atoms with Crippen LogP contribution in [0.5, 0.6) is 11.5 Å². The van der Waals surface area contributed by atoms with Crippen molar-refractivity contribution in [3.05, 3.63) is 59.4 Å². The van der Waals surface area contributed by atoms with Gasteiger partial charge in [0.1, 0.15) is 11.6 Å². The van der Waals surface area contributed by atoms with Gasteiger partial charge in [0.15, 0.2) is 11.6 Å². The van der Waals surface area contributed by atoms with Gasteiger partial charge in [-0.2, -0.15) is 0 Å². The summed E-state index contributed by atoms with van der Waals surface area (Å²) in [5, 5.41) is 0. The fourth-order valence-electron chi connectivity index (χ4n) is 3.61. The van der Waals surface area contributed by atoms with Crippen molar-refractivity contribution in [2.45, 2.75) is 25.7 Å². The van der Waals surface area contributed by atoms with E-state index in [1.165, 1.54) is 6.07 Å². The number of aryl methyl sites for hydroxylation is 1. The van der Waals surface area contributed by atoms with E-state index in [4.69, 9.17) is 4.74 Å². The highest BCUT2D eigenvalue weighted by Crippen LogP contribution is 2.33. The van der Waals surface area contributed by atoms with Gasteiger partial charge in [0.2, 0.25) is 0 Å². The second-order valence-electron chi connectivity index (χ2n) is 7.02. The summed E-state index contributed by atoms with van der Waals surface area (Å²) in [6, 6.07) is 12.2. The number of hydrogen-bond acceptors (Lipinski definition) is 4. The molecule has 0 bridgehead atoms. The van der Waals surface area contributed by atoms with E-state index in [2.05, 4.69) is 9.30 Å².